The van der Waals surface area contributed by atoms with Crippen molar-refractivity contribution in [1.29, 1.82) is 0 Å². The number of carbonyl (C=O) groups excluding carboxylic acids is 1. The van der Waals surface area contributed by atoms with Crippen molar-refractivity contribution >= 4 is 17.7 Å². The van der Waals surface area contributed by atoms with Crippen LogP contribution in [0.15, 0.2) is 12.7 Å². The molecule has 98 valence electrons. The maximum atomic E-state index is 11.8. The lowest BCUT2D eigenvalue weighted by atomic mass is 10.1. The van der Waals surface area contributed by atoms with Crippen molar-refractivity contribution in [3.63, 3.8) is 0 Å². The highest BCUT2D eigenvalue weighted by molar-refractivity contribution is 7.98. The van der Waals surface area contributed by atoms with Gasteiger partial charge in [0.25, 0.3) is 0 Å². The Labute approximate surface area is 109 Å². The van der Waals surface area contributed by atoms with E-state index in [4.69, 9.17) is 0 Å². The molecule has 0 radical (unpaired) electrons. The molecule has 1 heterocycles. The summed E-state index contributed by atoms with van der Waals surface area (Å²) in [5.74, 6) is 1.49. The molecule has 0 saturated carbocycles. The van der Waals surface area contributed by atoms with Crippen LogP contribution in [0.25, 0.3) is 0 Å². The summed E-state index contributed by atoms with van der Waals surface area (Å²) in [7, 11) is 0. The van der Waals surface area contributed by atoms with Crippen molar-refractivity contribution in [3.05, 3.63) is 12.7 Å². The van der Waals surface area contributed by atoms with Gasteiger partial charge in [0.2, 0.25) is 5.91 Å². The van der Waals surface area contributed by atoms with Crippen LogP contribution in [0, 0.1) is 0 Å². The topological polar surface area (TPSA) is 32.3 Å². The normalized spacial score (nSPS) is 19.9. The largest absolute Gasteiger partial charge is 0.340 e. The van der Waals surface area contributed by atoms with Crippen LogP contribution >= 0.6 is 11.8 Å². The van der Waals surface area contributed by atoms with E-state index in [1.54, 1.807) is 0 Å². The van der Waals surface area contributed by atoms with Gasteiger partial charge < -0.3 is 10.2 Å². The minimum atomic E-state index is 0.347. The summed E-state index contributed by atoms with van der Waals surface area (Å²) in [6, 6.07) is 0.460. The quantitative estimate of drug-likeness (QED) is 0.505. The summed E-state index contributed by atoms with van der Waals surface area (Å²) in [5, 5.41) is 3.30. The van der Waals surface area contributed by atoms with E-state index in [0.29, 0.717) is 11.9 Å². The molecule has 17 heavy (non-hydrogen) atoms. The van der Waals surface area contributed by atoms with Crippen LogP contribution in [-0.2, 0) is 4.79 Å². The molecule has 1 aliphatic rings. The predicted molar refractivity (Wildman–Crippen MR) is 75.4 cm³/mol. The van der Waals surface area contributed by atoms with E-state index in [9.17, 15) is 4.79 Å². The van der Waals surface area contributed by atoms with Crippen molar-refractivity contribution in [1.82, 2.24) is 10.2 Å². The lowest BCUT2D eigenvalue weighted by Crippen LogP contribution is -2.36. The van der Waals surface area contributed by atoms with Gasteiger partial charge in [0.15, 0.2) is 0 Å². The summed E-state index contributed by atoms with van der Waals surface area (Å²) in [6.07, 6.45) is 7.94. The molecule has 1 aliphatic heterocycles. The average Bonchev–Trinajstić information content (AvgIpc) is 2.67. The van der Waals surface area contributed by atoms with Crippen molar-refractivity contribution in [2.45, 2.75) is 31.7 Å². The zero-order valence-electron chi connectivity index (χ0n) is 10.8. The Balaban J connectivity index is 2.25. The van der Waals surface area contributed by atoms with Crippen LogP contribution in [-0.4, -0.2) is 48.5 Å². The fourth-order valence-electron chi connectivity index (χ4n) is 2.25. The van der Waals surface area contributed by atoms with E-state index >= 15 is 0 Å². The summed E-state index contributed by atoms with van der Waals surface area (Å²) in [6.45, 7) is 6.44. The van der Waals surface area contributed by atoms with E-state index in [0.717, 1.165) is 51.1 Å². The Morgan fingerprint density at radius 3 is 3.18 bits per heavy atom. The van der Waals surface area contributed by atoms with E-state index in [2.05, 4.69) is 23.1 Å². The summed E-state index contributed by atoms with van der Waals surface area (Å²) in [4.78, 5) is 13.8. The molecule has 1 rings (SSSR count). The molecule has 0 unspecified atom stereocenters. The van der Waals surface area contributed by atoms with E-state index in [-0.39, 0.29) is 0 Å². The molecule has 0 bridgehead atoms. The molecule has 1 atom stereocenters. The summed E-state index contributed by atoms with van der Waals surface area (Å²) in [5.41, 5.74) is 0. The van der Waals surface area contributed by atoms with E-state index in [1.807, 2.05) is 17.8 Å². The molecule has 0 aromatic heterocycles. The highest BCUT2D eigenvalue weighted by Gasteiger charge is 2.29. The number of rotatable bonds is 9. The Bertz CT molecular complexity index is 246. The van der Waals surface area contributed by atoms with Crippen LogP contribution in [0.3, 0.4) is 0 Å². The van der Waals surface area contributed by atoms with Gasteiger partial charge in [0.1, 0.15) is 0 Å². The number of carbonyl (C=O) groups is 1. The molecule has 1 fully saturated rings. The third-order valence-corrected chi connectivity index (χ3v) is 3.84. The van der Waals surface area contributed by atoms with E-state index in [1.165, 1.54) is 0 Å². The number of thioether (sulfide) groups is 1. The first-order valence-electron chi connectivity index (χ1n) is 6.39. The van der Waals surface area contributed by atoms with Crippen LogP contribution in [0.4, 0.5) is 0 Å². The second kappa shape index (κ2) is 8.59. The first-order chi connectivity index (χ1) is 8.29. The molecule has 3 nitrogen and oxygen atoms in total. The molecule has 0 aliphatic carbocycles. The van der Waals surface area contributed by atoms with Gasteiger partial charge in [-0.1, -0.05) is 6.08 Å². The van der Waals surface area contributed by atoms with Crippen LogP contribution < -0.4 is 5.32 Å². The molecule has 0 aromatic rings. The van der Waals surface area contributed by atoms with Crippen molar-refractivity contribution in [2.24, 2.45) is 0 Å². The third kappa shape index (κ3) is 5.13. The lowest BCUT2D eigenvalue weighted by molar-refractivity contribution is -0.129. The fourth-order valence-corrected chi connectivity index (χ4v) is 2.67. The number of nitrogens with one attached hydrogen (secondary N) is 1. The first kappa shape index (κ1) is 14.6. The Kier molecular flexibility index (Phi) is 7.37. The highest BCUT2D eigenvalue weighted by atomic mass is 32.2. The average molecular weight is 256 g/mol. The predicted octanol–water partition coefficient (Wildman–Crippen LogP) is 1.90. The molecule has 0 spiro atoms. The lowest BCUT2D eigenvalue weighted by Gasteiger charge is -2.24. The second-order valence-electron chi connectivity index (χ2n) is 4.41. The van der Waals surface area contributed by atoms with Gasteiger partial charge in [-0.2, -0.15) is 11.8 Å². The van der Waals surface area contributed by atoms with Crippen molar-refractivity contribution < 1.29 is 4.79 Å². The van der Waals surface area contributed by atoms with Gasteiger partial charge in [0, 0.05) is 25.6 Å². The molecular formula is C13H24N2OS. The Hall–Kier alpha value is -0.480. The monoisotopic (exact) mass is 256 g/mol. The highest BCUT2D eigenvalue weighted by Crippen LogP contribution is 2.21. The minimum Gasteiger partial charge on any atom is -0.340 e. The molecule has 4 heteroatoms. The maximum Gasteiger partial charge on any atom is 0.222 e. The van der Waals surface area contributed by atoms with Gasteiger partial charge in [-0.25, -0.2) is 0 Å². The number of hydrogen-bond acceptors (Lipinski definition) is 3. The number of nitrogens with zero attached hydrogens (tertiary/aromatic N) is 1. The second-order valence-corrected chi connectivity index (χ2v) is 5.39. The number of hydrogen-bond donors (Lipinski definition) is 1. The third-order valence-electron chi connectivity index (χ3n) is 3.14. The number of likely N-dealkylation sites (tertiary alicyclic amines) is 1. The SMILES string of the molecule is C=CCNCC[C@H]1CCC(=O)N1CCCSC. The van der Waals surface area contributed by atoms with Crippen LogP contribution in [0.1, 0.15) is 25.7 Å². The smallest absolute Gasteiger partial charge is 0.222 e. The van der Waals surface area contributed by atoms with Gasteiger partial charge >= 0.3 is 0 Å². The zero-order valence-corrected chi connectivity index (χ0v) is 11.6. The van der Waals surface area contributed by atoms with Crippen LogP contribution in [0.5, 0.6) is 0 Å². The van der Waals surface area contributed by atoms with Gasteiger partial charge in [-0.3, -0.25) is 4.79 Å². The van der Waals surface area contributed by atoms with Gasteiger partial charge in [-0.15, -0.1) is 6.58 Å². The first-order valence-corrected chi connectivity index (χ1v) is 7.79. The molecule has 1 N–H and O–H groups in total. The van der Waals surface area contributed by atoms with Crippen molar-refractivity contribution in [3.8, 4) is 0 Å². The van der Waals surface area contributed by atoms with Gasteiger partial charge in [0.05, 0.1) is 0 Å². The van der Waals surface area contributed by atoms with Crippen molar-refractivity contribution in [2.75, 3.05) is 31.6 Å². The minimum absolute atomic E-state index is 0.347. The Morgan fingerprint density at radius 2 is 2.47 bits per heavy atom. The van der Waals surface area contributed by atoms with Crippen LogP contribution in [0.2, 0.25) is 0 Å². The molecule has 0 aromatic carbocycles. The summed E-state index contributed by atoms with van der Waals surface area (Å²) >= 11 is 1.85. The van der Waals surface area contributed by atoms with E-state index < -0.39 is 0 Å². The standard InChI is InChI=1S/C13H24N2OS/c1-3-8-14-9-7-12-5-6-13(16)15(12)10-4-11-17-2/h3,12,14H,1,4-11H2,2H3/t12-/m1/s1. The molecule has 1 saturated heterocycles. The fraction of sp³-hybridized carbons (Fsp3) is 0.769. The zero-order chi connectivity index (χ0) is 12.5. The molecular weight excluding hydrogens is 232 g/mol. The van der Waals surface area contributed by atoms with Gasteiger partial charge in [-0.05, 0) is 37.8 Å². The maximum absolute atomic E-state index is 11.8. The number of amides is 1. The Morgan fingerprint density at radius 1 is 1.65 bits per heavy atom. The molecule has 1 amide bonds. The summed E-state index contributed by atoms with van der Waals surface area (Å²) < 4.78 is 0.